The fourth-order valence-corrected chi connectivity index (χ4v) is 10.6. The Labute approximate surface area is 345 Å². The lowest BCUT2D eigenvalue weighted by Gasteiger charge is -2.29. The zero-order valence-electron chi connectivity index (χ0n) is 32.6. The van der Waals surface area contributed by atoms with Gasteiger partial charge in [0, 0.05) is 38.8 Å². The summed E-state index contributed by atoms with van der Waals surface area (Å²) in [6, 6.07) is 72.0. The van der Waals surface area contributed by atoms with Crippen molar-refractivity contribution in [1.82, 2.24) is 9.13 Å². The van der Waals surface area contributed by atoms with Crippen molar-refractivity contribution in [2.45, 2.75) is 12.3 Å². The zero-order chi connectivity index (χ0) is 39.5. The number of rotatable bonds is 3. The van der Waals surface area contributed by atoms with E-state index in [0.29, 0.717) is 5.39 Å². The number of pyridine rings is 1. The molecule has 10 aromatic carbocycles. The number of hydrogen-bond acceptors (Lipinski definition) is 1. The van der Waals surface area contributed by atoms with Crippen LogP contribution in [-0.4, -0.2) is 9.13 Å². The van der Waals surface area contributed by atoms with Crippen molar-refractivity contribution in [2.24, 2.45) is 0 Å². The molecule has 280 valence electrons. The van der Waals surface area contributed by atoms with Gasteiger partial charge >= 0.3 is 0 Å². The third-order valence-corrected chi connectivity index (χ3v) is 13.3. The first-order valence-electron chi connectivity index (χ1n) is 20.8. The molecule has 1 aliphatic rings. The minimum Gasteiger partial charge on any atom is -0.309 e. The Morgan fingerprint density at radius 1 is 0.350 bits per heavy atom. The Bertz CT molecular complexity index is 3790. The van der Waals surface area contributed by atoms with Crippen molar-refractivity contribution >= 4 is 75.8 Å². The highest BCUT2D eigenvalue weighted by Gasteiger charge is 2.28. The molecule has 60 heavy (non-hydrogen) atoms. The van der Waals surface area contributed by atoms with Crippen LogP contribution in [0.3, 0.4) is 0 Å². The van der Waals surface area contributed by atoms with E-state index in [1.165, 1.54) is 54.7 Å². The van der Waals surface area contributed by atoms with Crippen molar-refractivity contribution < 1.29 is 0 Å². The van der Waals surface area contributed by atoms with E-state index in [2.05, 4.69) is 205 Å². The van der Waals surface area contributed by atoms with Crippen LogP contribution in [0.1, 0.15) is 22.6 Å². The summed E-state index contributed by atoms with van der Waals surface area (Å²) < 4.78 is 4.34. The first-order chi connectivity index (χ1) is 29.7. The summed E-state index contributed by atoms with van der Waals surface area (Å²) in [5.74, 6) is 0.223. The normalized spacial score (nSPS) is 13.8. The number of para-hydroxylation sites is 2. The molecule has 13 rings (SSSR count). The van der Waals surface area contributed by atoms with Crippen LogP contribution in [0.15, 0.2) is 205 Å². The molecule has 1 atom stereocenters. The predicted molar refractivity (Wildman–Crippen MR) is 251 cm³/mol. The molecular formula is C57H36N2O. The molecule has 0 saturated carbocycles. The van der Waals surface area contributed by atoms with Gasteiger partial charge in [-0.3, -0.25) is 9.36 Å². The molecule has 2 heterocycles. The largest absolute Gasteiger partial charge is 0.309 e. The van der Waals surface area contributed by atoms with Gasteiger partial charge in [0.2, 0.25) is 0 Å². The molecule has 12 aromatic rings. The Kier molecular flexibility index (Phi) is 6.99. The third kappa shape index (κ3) is 4.69. The van der Waals surface area contributed by atoms with Gasteiger partial charge in [-0.1, -0.05) is 146 Å². The maximum Gasteiger partial charge on any atom is 0.263 e. The van der Waals surface area contributed by atoms with Gasteiger partial charge in [0.25, 0.3) is 5.56 Å². The SMILES string of the molecule is O=c1c2cc3c4ccccc4n(-c4ccccc4)c3cc2c2cc3c(cc2n1-c1ccc2c4ccccc4c4ccccc4c2c1)-c1ccccc1C(c1ccccc1)C3. The van der Waals surface area contributed by atoms with Gasteiger partial charge in [0.1, 0.15) is 0 Å². The van der Waals surface area contributed by atoms with Crippen molar-refractivity contribution in [2.75, 3.05) is 0 Å². The van der Waals surface area contributed by atoms with Crippen molar-refractivity contribution in [3.8, 4) is 22.5 Å². The summed E-state index contributed by atoms with van der Waals surface area (Å²) in [7, 11) is 0. The molecule has 0 saturated heterocycles. The second kappa shape index (κ2) is 12.6. The topological polar surface area (TPSA) is 26.9 Å². The fourth-order valence-electron chi connectivity index (χ4n) is 10.6. The molecular weight excluding hydrogens is 729 g/mol. The molecule has 0 bridgehead atoms. The Balaban J connectivity index is 1.17. The highest BCUT2D eigenvalue weighted by atomic mass is 16.1. The Morgan fingerprint density at radius 2 is 0.917 bits per heavy atom. The summed E-state index contributed by atoms with van der Waals surface area (Å²) in [5, 5.41) is 12.1. The van der Waals surface area contributed by atoms with Gasteiger partial charge in [-0.25, -0.2) is 0 Å². The van der Waals surface area contributed by atoms with Crippen LogP contribution in [-0.2, 0) is 6.42 Å². The summed E-state index contributed by atoms with van der Waals surface area (Å²) >= 11 is 0. The lowest BCUT2D eigenvalue weighted by atomic mass is 9.75. The van der Waals surface area contributed by atoms with Crippen LogP contribution in [0.5, 0.6) is 0 Å². The van der Waals surface area contributed by atoms with Crippen LogP contribution >= 0.6 is 0 Å². The monoisotopic (exact) mass is 764 g/mol. The molecule has 0 aliphatic heterocycles. The molecule has 0 spiro atoms. The van der Waals surface area contributed by atoms with Crippen LogP contribution in [0, 0.1) is 0 Å². The highest BCUT2D eigenvalue weighted by Crippen LogP contribution is 2.46. The van der Waals surface area contributed by atoms with E-state index in [0.717, 1.165) is 61.3 Å². The molecule has 0 fully saturated rings. The lowest BCUT2D eigenvalue weighted by Crippen LogP contribution is -2.20. The summed E-state index contributed by atoms with van der Waals surface area (Å²) in [6.45, 7) is 0. The van der Waals surface area contributed by atoms with E-state index < -0.39 is 0 Å². The van der Waals surface area contributed by atoms with Crippen molar-refractivity contribution in [1.29, 1.82) is 0 Å². The zero-order valence-corrected chi connectivity index (χ0v) is 32.6. The molecule has 0 amide bonds. The van der Waals surface area contributed by atoms with Gasteiger partial charge in [0.05, 0.1) is 16.6 Å². The molecule has 1 unspecified atom stereocenters. The highest BCUT2D eigenvalue weighted by molar-refractivity contribution is 6.26. The quantitative estimate of drug-likeness (QED) is 0.165. The summed E-state index contributed by atoms with van der Waals surface area (Å²) in [5.41, 5.74) is 11.4. The Morgan fingerprint density at radius 3 is 1.67 bits per heavy atom. The number of fused-ring (bicyclic) bond motifs is 15. The van der Waals surface area contributed by atoms with E-state index in [-0.39, 0.29) is 11.5 Å². The van der Waals surface area contributed by atoms with Gasteiger partial charge < -0.3 is 4.57 Å². The molecule has 3 heteroatoms. The number of hydrogen-bond donors (Lipinski definition) is 0. The van der Waals surface area contributed by atoms with Gasteiger partial charge in [-0.05, 0) is 127 Å². The van der Waals surface area contributed by atoms with Crippen LogP contribution < -0.4 is 5.56 Å². The molecule has 0 N–H and O–H groups in total. The predicted octanol–water partition coefficient (Wildman–Crippen LogP) is 14.1. The van der Waals surface area contributed by atoms with E-state index in [4.69, 9.17) is 0 Å². The van der Waals surface area contributed by atoms with E-state index in [1.54, 1.807) is 0 Å². The first kappa shape index (κ1) is 33.2. The molecule has 3 nitrogen and oxygen atoms in total. The van der Waals surface area contributed by atoms with Gasteiger partial charge in [-0.2, -0.15) is 0 Å². The molecule has 2 aromatic heterocycles. The van der Waals surface area contributed by atoms with E-state index in [9.17, 15) is 0 Å². The van der Waals surface area contributed by atoms with Crippen LogP contribution in [0.25, 0.3) is 98.3 Å². The second-order valence-electron chi connectivity index (χ2n) is 16.3. The van der Waals surface area contributed by atoms with Crippen LogP contribution in [0.4, 0.5) is 0 Å². The van der Waals surface area contributed by atoms with E-state index in [1.807, 2.05) is 4.57 Å². The smallest absolute Gasteiger partial charge is 0.263 e. The summed E-state index contributed by atoms with van der Waals surface area (Å²) in [6.07, 6.45) is 0.870. The number of aromatic nitrogens is 2. The maximum atomic E-state index is 15.6. The Hall–Kier alpha value is -7.75. The first-order valence-corrected chi connectivity index (χ1v) is 20.8. The standard InChI is InChI=1S/C57H36N2O/c60-57-53-32-52-46-25-13-14-26-54(46)58(37-17-5-2-6-18-37)55(52)34-50(53)51-30-36-29-47(35-15-3-1-4-16-35)42-22-10-11-23-43(42)48(36)33-56(51)59(57)38-27-28-45-41-21-8-7-19-39(41)40-20-9-12-24-44(40)49(45)31-38/h1-28,30-34,47H,29H2. The lowest BCUT2D eigenvalue weighted by molar-refractivity contribution is 0.794. The van der Waals surface area contributed by atoms with Gasteiger partial charge in [0.15, 0.2) is 0 Å². The van der Waals surface area contributed by atoms with Crippen molar-refractivity contribution in [3.63, 3.8) is 0 Å². The number of benzene rings is 10. The summed E-state index contributed by atoms with van der Waals surface area (Å²) in [4.78, 5) is 15.6. The van der Waals surface area contributed by atoms with E-state index >= 15 is 4.79 Å². The number of nitrogens with zero attached hydrogens (tertiary/aromatic N) is 2. The molecule has 1 aliphatic carbocycles. The molecule has 0 radical (unpaired) electrons. The minimum absolute atomic E-state index is 0.0217. The van der Waals surface area contributed by atoms with Crippen molar-refractivity contribution in [3.05, 3.63) is 227 Å². The maximum absolute atomic E-state index is 15.6. The third-order valence-electron chi connectivity index (χ3n) is 13.3. The average Bonchev–Trinajstić information content (AvgIpc) is 3.64. The second-order valence-corrected chi connectivity index (χ2v) is 16.3. The van der Waals surface area contributed by atoms with Crippen LogP contribution in [0.2, 0.25) is 0 Å². The van der Waals surface area contributed by atoms with Gasteiger partial charge in [-0.15, -0.1) is 0 Å². The minimum atomic E-state index is -0.0217. The average molecular weight is 765 g/mol. The fraction of sp³-hybridized carbons (Fsp3) is 0.0351.